The van der Waals surface area contributed by atoms with Crippen molar-refractivity contribution >= 4 is 11.2 Å². The Hall–Kier alpha value is -2.67. The van der Waals surface area contributed by atoms with Crippen LogP contribution in [0.5, 0.6) is 11.9 Å². The van der Waals surface area contributed by atoms with Gasteiger partial charge in [0.2, 0.25) is 5.89 Å². The van der Waals surface area contributed by atoms with E-state index < -0.39 is 0 Å². The third kappa shape index (κ3) is 3.28. The maximum absolute atomic E-state index is 5.85. The fraction of sp³-hybridized carbons (Fsp3) is 0.389. The van der Waals surface area contributed by atoms with E-state index in [1.807, 2.05) is 38.1 Å². The molecule has 4 rings (SSSR count). The van der Waals surface area contributed by atoms with Crippen LogP contribution in [0.3, 0.4) is 0 Å². The Morgan fingerprint density at radius 3 is 2.80 bits per heavy atom. The lowest BCUT2D eigenvalue weighted by molar-refractivity contribution is -0.0832. The van der Waals surface area contributed by atoms with E-state index in [4.69, 9.17) is 18.6 Å². The van der Waals surface area contributed by atoms with Gasteiger partial charge in [-0.15, -0.1) is 0 Å². The van der Waals surface area contributed by atoms with Gasteiger partial charge in [-0.3, -0.25) is 0 Å². The number of benzene rings is 1. The molecule has 0 radical (unpaired) electrons. The molecule has 1 aromatic carbocycles. The zero-order chi connectivity index (χ0) is 17.2. The van der Waals surface area contributed by atoms with Crippen LogP contribution in [-0.2, 0) is 4.74 Å². The lowest BCUT2D eigenvalue weighted by Gasteiger charge is -2.25. The van der Waals surface area contributed by atoms with E-state index in [2.05, 4.69) is 15.0 Å². The van der Waals surface area contributed by atoms with Crippen LogP contribution in [0.4, 0.5) is 0 Å². The molecule has 0 atom stereocenters. The van der Waals surface area contributed by atoms with Crippen molar-refractivity contribution in [3.05, 3.63) is 29.8 Å². The van der Waals surface area contributed by atoms with Crippen LogP contribution in [-0.4, -0.2) is 40.9 Å². The highest BCUT2D eigenvalue weighted by atomic mass is 16.6. The molecule has 0 N–H and O–H groups in total. The first-order chi connectivity index (χ1) is 12.2. The van der Waals surface area contributed by atoms with E-state index in [0.29, 0.717) is 42.8 Å². The average Bonchev–Trinajstić information content (AvgIpc) is 3.00. The number of nitrogens with zero attached hydrogens (tertiary/aromatic N) is 3. The van der Waals surface area contributed by atoms with Gasteiger partial charge in [-0.05, 0) is 25.5 Å². The lowest BCUT2D eigenvalue weighted by Crippen LogP contribution is -2.39. The Balaban J connectivity index is 1.74. The Morgan fingerprint density at radius 1 is 1.20 bits per heavy atom. The molecule has 1 aliphatic heterocycles. The molecule has 2 aromatic heterocycles. The molecule has 0 saturated carbocycles. The Bertz CT molecular complexity index is 889. The average molecular weight is 341 g/mol. The van der Waals surface area contributed by atoms with Crippen LogP contribution in [0.2, 0.25) is 0 Å². The van der Waals surface area contributed by atoms with E-state index in [0.717, 1.165) is 17.5 Å². The molecule has 0 spiro atoms. The normalized spacial score (nSPS) is 14.5. The number of hydrogen-bond acceptors (Lipinski definition) is 7. The smallest absolute Gasteiger partial charge is 0.323 e. The fourth-order valence-electron chi connectivity index (χ4n) is 2.46. The Labute approximate surface area is 145 Å². The van der Waals surface area contributed by atoms with Gasteiger partial charge in [-0.25, -0.2) is 4.98 Å². The number of aromatic nitrogens is 3. The van der Waals surface area contributed by atoms with Gasteiger partial charge in [-0.2, -0.15) is 9.97 Å². The van der Waals surface area contributed by atoms with Crippen molar-refractivity contribution < 1.29 is 18.6 Å². The van der Waals surface area contributed by atoms with Gasteiger partial charge < -0.3 is 18.6 Å². The highest BCUT2D eigenvalue weighted by molar-refractivity contribution is 5.77. The predicted molar refractivity (Wildman–Crippen MR) is 90.8 cm³/mol. The summed E-state index contributed by atoms with van der Waals surface area (Å²) in [5.41, 5.74) is 2.87. The summed E-state index contributed by atoms with van der Waals surface area (Å²) < 4.78 is 22.4. The van der Waals surface area contributed by atoms with Crippen LogP contribution in [0, 0.1) is 6.92 Å². The van der Waals surface area contributed by atoms with Gasteiger partial charge in [0.15, 0.2) is 5.52 Å². The molecule has 0 amide bonds. The molecule has 7 heteroatoms. The minimum atomic E-state index is -0.0318. The largest absolute Gasteiger partial charge is 0.476 e. The molecule has 1 fully saturated rings. The summed E-state index contributed by atoms with van der Waals surface area (Å²) in [7, 11) is 0. The van der Waals surface area contributed by atoms with Gasteiger partial charge in [0, 0.05) is 5.56 Å². The van der Waals surface area contributed by atoms with Crippen molar-refractivity contribution in [3.63, 3.8) is 0 Å². The van der Waals surface area contributed by atoms with Crippen molar-refractivity contribution in [2.45, 2.75) is 26.4 Å². The molecule has 25 heavy (non-hydrogen) atoms. The summed E-state index contributed by atoms with van der Waals surface area (Å²) in [5, 5.41) is 0. The highest BCUT2D eigenvalue weighted by Crippen LogP contribution is 2.30. The zero-order valence-electron chi connectivity index (χ0n) is 14.2. The number of hydrogen-bond donors (Lipinski definition) is 0. The molecule has 130 valence electrons. The standard InChI is InChI=1S/C18H19N3O4/c1-3-7-23-16-14-17(21-18(20-16)24-13-9-22-10-13)25-15(19-14)12-6-4-5-11(2)8-12/h4-6,8,13H,3,7,9-10H2,1-2H3. The second-order valence-electron chi connectivity index (χ2n) is 5.98. The summed E-state index contributed by atoms with van der Waals surface area (Å²) in [5.74, 6) is 0.864. The summed E-state index contributed by atoms with van der Waals surface area (Å²) in [4.78, 5) is 13.2. The van der Waals surface area contributed by atoms with Crippen LogP contribution in [0.15, 0.2) is 28.7 Å². The van der Waals surface area contributed by atoms with Crippen molar-refractivity contribution in [3.8, 4) is 23.3 Å². The molecule has 7 nitrogen and oxygen atoms in total. The SMILES string of the molecule is CCCOc1nc(OC2COC2)nc2oc(-c3cccc(C)c3)nc12. The number of aryl methyl sites for hydroxylation is 1. The fourth-order valence-corrected chi connectivity index (χ4v) is 2.46. The zero-order valence-corrected chi connectivity index (χ0v) is 14.2. The minimum Gasteiger partial charge on any atom is -0.476 e. The van der Waals surface area contributed by atoms with E-state index in [1.54, 1.807) is 0 Å². The number of fused-ring (bicyclic) bond motifs is 1. The van der Waals surface area contributed by atoms with E-state index in [9.17, 15) is 0 Å². The minimum absolute atomic E-state index is 0.0318. The van der Waals surface area contributed by atoms with Gasteiger partial charge in [-0.1, -0.05) is 24.6 Å². The summed E-state index contributed by atoms with van der Waals surface area (Å²) >= 11 is 0. The lowest BCUT2D eigenvalue weighted by atomic mass is 10.1. The molecular weight excluding hydrogens is 322 g/mol. The first kappa shape index (κ1) is 15.8. The second kappa shape index (κ2) is 6.68. The van der Waals surface area contributed by atoms with Crippen molar-refractivity contribution in [2.75, 3.05) is 19.8 Å². The quantitative estimate of drug-likeness (QED) is 0.681. The number of ether oxygens (including phenoxy) is 3. The van der Waals surface area contributed by atoms with Crippen LogP contribution < -0.4 is 9.47 Å². The molecule has 3 heterocycles. The maximum atomic E-state index is 5.85. The monoisotopic (exact) mass is 341 g/mol. The van der Waals surface area contributed by atoms with E-state index >= 15 is 0 Å². The van der Waals surface area contributed by atoms with Crippen LogP contribution in [0.25, 0.3) is 22.7 Å². The first-order valence-electron chi connectivity index (χ1n) is 8.35. The molecule has 0 aliphatic carbocycles. The predicted octanol–water partition coefficient (Wildman–Crippen LogP) is 3.16. The summed E-state index contributed by atoms with van der Waals surface area (Å²) in [6.07, 6.45) is 0.830. The van der Waals surface area contributed by atoms with Gasteiger partial charge in [0.05, 0.1) is 19.8 Å². The third-order valence-electron chi connectivity index (χ3n) is 3.79. The van der Waals surface area contributed by atoms with Crippen LogP contribution >= 0.6 is 0 Å². The van der Waals surface area contributed by atoms with Crippen molar-refractivity contribution in [1.82, 2.24) is 15.0 Å². The Kier molecular flexibility index (Phi) is 4.23. The Morgan fingerprint density at radius 2 is 2.08 bits per heavy atom. The van der Waals surface area contributed by atoms with Gasteiger partial charge in [0.1, 0.15) is 6.10 Å². The molecule has 1 aliphatic rings. The van der Waals surface area contributed by atoms with Crippen molar-refractivity contribution in [2.24, 2.45) is 0 Å². The maximum Gasteiger partial charge on any atom is 0.323 e. The first-order valence-corrected chi connectivity index (χ1v) is 8.35. The molecule has 0 bridgehead atoms. The second-order valence-corrected chi connectivity index (χ2v) is 5.98. The molecule has 1 saturated heterocycles. The van der Waals surface area contributed by atoms with Crippen molar-refractivity contribution in [1.29, 1.82) is 0 Å². The van der Waals surface area contributed by atoms with Gasteiger partial charge in [0.25, 0.3) is 11.6 Å². The molecular formula is C18H19N3O4. The molecule has 0 unspecified atom stereocenters. The van der Waals surface area contributed by atoms with Gasteiger partial charge >= 0.3 is 6.01 Å². The topological polar surface area (TPSA) is 79.5 Å². The van der Waals surface area contributed by atoms with E-state index in [1.165, 1.54) is 0 Å². The van der Waals surface area contributed by atoms with E-state index in [-0.39, 0.29) is 12.1 Å². The number of rotatable bonds is 6. The summed E-state index contributed by atoms with van der Waals surface area (Å²) in [6, 6.07) is 8.16. The molecule has 3 aromatic rings. The highest BCUT2D eigenvalue weighted by Gasteiger charge is 2.24. The third-order valence-corrected chi connectivity index (χ3v) is 3.79. The number of oxazole rings is 1. The summed E-state index contributed by atoms with van der Waals surface area (Å²) in [6.45, 7) is 5.66. The van der Waals surface area contributed by atoms with Crippen LogP contribution in [0.1, 0.15) is 18.9 Å².